The zero-order chi connectivity index (χ0) is 17.2. The molecular weight excluding hydrogens is 334 g/mol. The lowest BCUT2D eigenvalue weighted by Crippen LogP contribution is -1.95. The lowest BCUT2D eigenvalue weighted by molar-refractivity contribution is 0.353. The minimum atomic E-state index is -0.0602. The summed E-state index contributed by atoms with van der Waals surface area (Å²) in [6, 6.07) is 18.4. The number of hydrogen-bond donors (Lipinski definition) is 1. The van der Waals surface area contributed by atoms with Crippen molar-refractivity contribution in [2.45, 2.75) is 9.79 Å². The fraction of sp³-hybridized carbons (Fsp3) is 0.0526. The Hall–Kier alpha value is -2.99. The molecule has 6 heteroatoms. The summed E-state index contributed by atoms with van der Waals surface area (Å²) in [6.45, 7) is 0. The summed E-state index contributed by atoms with van der Waals surface area (Å²) in [4.78, 5) is 6.70. The van der Waals surface area contributed by atoms with E-state index < -0.39 is 0 Å². The van der Waals surface area contributed by atoms with E-state index in [2.05, 4.69) is 34.3 Å². The molecule has 0 aliphatic heterocycles. The van der Waals surface area contributed by atoms with Gasteiger partial charge in [0.1, 0.15) is 0 Å². The molecule has 0 aliphatic carbocycles. The van der Waals surface area contributed by atoms with Crippen molar-refractivity contribution >= 4 is 17.4 Å². The van der Waals surface area contributed by atoms with Gasteiger partial charge in [-0.15, -0.1) is 0 Å². The van der Waals surface area contributed by atoms with E-state index in [1.165, 1.54) is 22.7 Å². The Kier molecular flexibility index (Phi) is 4.03. The van der Waals surface area contributed by atoms with E-state index >= 15 is 0 Å². The molecule has 0 amide bonds. The topological polar surface area (TPSA) is 59.7 Å². The highest BCUT2D eigenvalue weighted by Crippen LogP contribution is 2.32. The van der Waals surface area contributed by atoms with Crippen molar-refractivity contribution in [3.8, 4) is 22.8 Å². The van der Waals surface area contributed by atoms with Crippen LogP contribution >= 0.6 is 11.8 Å². The van der Waals surface area contributed by atoms with Gasteiger partial charge in [0.05, 0.1) is 19.5 Å². The molecule has 4 aromatic rings. The van der Waals surface area contributed by atoms with Crippen LogP contribution in [0, 0.1) is 0 Å². The van der Waals surface area contributed by atoms with Gasteiger partial charge in [-0.2, -0.15) is 9.61 Å². The Morgan fingerprint density at radius 2 is 1.68 bits per heavy atom. The summed E-state index contributed by atoms with van der Waals surface area (Å²) < 4.78 is 6.44. The number of aromatic nitrogens is 3. The van der Waals surface area contributed by atoms with Crippen molar-refractivity contribution < 1.29 is 9.84 Å². The second kappa shape index (κ2) is 6.49. The highest BCUT2D eigenvalue weighted by atomic mass is 32.2. The first-order valence-corrected chi connectivity index (χ1v) is 8.51. The van der Waals surface area contributed by atoms with E-state index in [0.717, 1.165) is 16.0 Å². The first-order valence-electron chi connectivity index (χ1n) is 7.69. The number of hydrogen-bond acceptors (Lipinski definition) is 5. The molecule has 2 heterocycles. The molecule has 0 aliphatic rings. The number of aromatic hydroxyl groups is 1. The summed E-state index contributed by atoms with van der Waals surface area (Å²) in [5.74, 6) is 0.228. The molecule has 0 atom stereocenters. The lowest BCUT2D eigenvalue weighted by atomic mass is 10.1. The number of fused-ring (bicyclic) bond motifs is 1. The number of nitrogens with zero attached hydrogens (tertiary/aromatic N) is 3. The van der Waals surface area contributed by atoms with Crippen LogP contribution in [0.1, 0.15) is 0 Å². The van der Waals surface area contributed by atoms with Crippen LogP contribution < -0.4 is 4.74 Å². The van der Waals surface area contributed by atoms with Crippen LogP contribution in [0.5, 0.6) is 11.6 Å². The molecule has 25 heavy (non-hydrogen) atoms. The van der Waals surface area contributed by atoms with Gasteiger partial charge in [0.25, 0.3) is 5.88 Å². The van der Waals surface area contributed by atoms with Crippen molar-refractivity contribution in [1.29, 1.82) is 0 Å². The maximum absolute atomic E-state index is 10.2. The lowest BCUT2D eigenvalue weighted by Gasteiger charge is -2.05. The Balaban J connectivity index is 1.66. The highest BCUT2D eigenvalue weighted by Gasteiger charge is 2.14. The fourth-order valence-corrected chi connectivity index (χ4v) is 3.42. The Labute approximate surface area is 148 Å². The maximum atomic E-state index is 10.2. The highest BCUT2D eigenvalue weighted by molar-refractivity contribution is 7.99. The molecule has 0 saturated carbocycles. The number of methoxy groups -OCH3 is 1. The van der Waals surface area contributed by atoms with E-state index in [4.69, 9.17) is 4.74 Å². The zero-order valence-corrected chi connectivity index (χ0v) is 14.3. The van der Waals surface area contributed by atoms with Gasteiger partial charge in [0.2, 0.25) is 0 Å². The third-order valence-corrected chi connectivity index (χ3v) is 4.85. The van der Waals surface area contributed by atoms with Gasteiger partial charge >= 0.3 is 0 Å². The molecule has 0 spiro atoms. The third-order valence-electron chi connectivity index (χ3n) is 3.83. The van der Waals surface area contributed by atoms with Crippen LogP contribution in [0.2, 0.25) is 0 Å². The molecule has 4 rings (SSSR count). The standard InChI is InChI=1S/C19H15N3O2S/c1-24-17-12-20-18-16(11-21-22(18)19(17)23)13-7-9-15(10-8-13)25-14-5-3-2-4-6-14/h2-12,23H,1H3. The van der Waals surface area contributed by atoms with Crippen molar-refractivity contribution in [3.05, 3.63) is 67.0 Å². The van der Waals surface area contributed by atoms with Crippen molar-refractivity contribution in [2.24, 2.45) is 0 Å². The number of benzene rings is 2. The van der Waals surface area contributed by atoms with Gasteiger partial charge in [-0.1, -0.05) is 42.1 Å². The van der Waals surface area contributed by atoms with Crippen LogP contribution in [-0.4, -0.2) is 26.8 Å². The molecular formula is C19H15N3O2S. The average Bonchev–Trinajstić information content (AvgIpc) is 3.09. The first kappa shape index (κ1) is 15.5. The quantitative estimate of drug-likeness (QED) is 0.596. The van der Waals surface area contributed by atoms with Crippen LogP contribution in [0.4, 0.5) is 0 Å². The van der Waals surface area contributed by atoms with Gasteiger partial charge in [0, 0.05) is 15.4 Å². The minimum absolute atomic E-state index is 0.0602. The summed E-state index contributed by atoms with van der Waals surface area (Å²) in [6.07, 6.45) is 3.19. The molecule has 0 fully saturated rings. The summed E-state index contributed by atoms with van der Waals surface area (Å²) in [7, 11) is 1.48. The molecule has 5 nitrogen and oxygen atoms in total. The van der Waals surface area contributed by atoms with Crippen molar-refractivity contribution in [1.82, 2.24) is 14.6 Å². The van der Waals surface area contributed by atoms with E-state index in [0.29, 0.717) is 5.65 Å². The summed E-state index contributed by atoms with van der Waals surface area (Å²) >= 11 is 1.71. The number of rotatable bonds is 4. The smallest absolute Gasteiger partial charge is 0.259 e. The van der Waals surface area contributed by atoms with Gasteiger partial charge in [-0.3, -0.25) is 0 Å². The predicted octanol–water partition coefficient (Wildman–Crippen LogP) is 4.26. The SMILES string of the molecule is COc1cnc2c(-c3ccc(Sc4ccccc4)cc3)cnn2c1O. The fourth-order valence-electron chi connectivity index (χ4n) is 2.58. The Bertz CT molecular complexity index is 1010. The van der Waals surface area contributed by atoms with E-state index in [-0.39, 0.29) is 11.6 Å². The van der Waals surface area contributed by atoms with Crippen molar-refractivity contribution in [2.75, 3.05) is 7.11 Å². The normalized spacial score (nSPS) is 10.9. The molecule has 124 valence electrons. The van der Waals surface area contributed by atoms with Gasteiger partial charge < -0.3 is 9.84 Å². The second-order valence-corrected chi connectivity index (χ2v) is 6.53. The molecule has 1 N–H and O–H groups in total. The number of ether oxygens (including phenoxy) is 1. The maximum Gasteiger partial charge on any atom is 0.259 e. The third kappa shape index (κ3) is 2.92. The Morgan fingerprint density at radius 3 is 2.40 bits per heavy atom. The van der Waals surface area contributed by atoms with Crippen LogP contribution in [0.15, 0.2) is 76.8 Å². The van der Waals surface area contributed by atoms with Crippen LogP contribution in [0.25, 0.3) is 16.8 Å². The van der Waals surface area contributed by atoms with Crippen LogP contribution in [-0.2, 0) is 0 Å². The van der Waals surface area contributed by atoms with E-state index in [1.54, 1.807) is 18.0 Å². The molecule has 0 bridgehead atoms. The van der Waals surface area contributed by atoms with E-state index in [9.17, 15) is 5.11 Å². The van der Waals surface area contributed by atoms with Gasteiger partial charge in [-0.25, -0.2) is 4.98 Å². The van der Waals surface area contributed by atoms with E-state index in [1.807, 2.05) is 30.3 Å². The molecule has 0 saturated heterocycles. The second-order valence-electron chi connectivity index (χ2n) is 5.38. The predicted molar refractivity (Wildman–Crippen MR) is 97.2 cm³/mol. The molecule has 0 radical (unpaired) electrons. The molecule has 2 aromatic carbocycles. The molecule has 2 aromatic heterocycles. The minimum Gasteiger partial charge on any atom is -0.491 e. The van der Waals surface area contributed by atoms with Crippen LogP contribution in [0.3, 0.4) is 0 Å². The zero-order valence-electron chi connectivity index (χ0n) is 13.5. The summed E-state index contributed by atoms with van der Waals surface area (Å²) in [5, 5.41) is 14.4. The largest absolute Gasteiger partial charge is 0.491 e. The summed E-state index contributed by atoms with van der Waals surface area (Å²) in [5.41, 5.74) is 2.43. The van der Waals surface area contributed by atoms with Gasteiger partial charge in [0.15, 0.2) is 11.4 Å². The molecule has 0 unspecified atom stereocenters. The van der Waals surface area contributed by atoms with Crippen molar-refractivity contribution in [3.63, 3.8) is 0 Å². The Morgan fingerprint density at radius 1 is 0.960 bits per heavy atom. The first-order chi connectivity index (χ1) is 12.3. The van der Waals surface area contributed by atoms with Gasteiger partial charge in [-0.05, 0) is 29.8 Å². The average molecular weight is 349 g/mol. The monoisotopic (exact) mass is 349 g/mol.